The number of hydrogen-bond donors (Lipinski definition) is 2. The fourth-order valence-corrected chi connectivity index (χ4v) is 0.824. The number of aliphatic hydroxyl groups excluding tert-OH is 2. The Kier molecular flexibility index (Phi) is 2.24. The molecule has 4 heteroatoms. The molecule has 2 N–H and O–H groups in total. The van der Waals surface area contributed by atoms with Crippen LogP contribution in [0.3, 0.4) is 0 Å². The maximum Gasteiger partial charge on any atom is 0.160 e. The summed E-state index contributed by atoms with van der Waals surface area (Å²) in [6.45, 7) is 1.52. The van der Waals surface area contributed by atoms with Crippen molar-refractivity contribution in [1.82, 2.24) is 0 Å². The average molecular weight is 145 g/mol. The maximum absolute atomic E-state index is 9.17. The monoisotopic (exact) mass is 145 g/mol. The Balaban J connectivity index is 2.34. The van der Waals surface area contributed by atoms with E-state index in [1.54, 1.807) is 6.21 Å². The summed E-state index contributed by atoms with van der Waals surface area (Å²) >= 11 is 0. The average Bonchev–Trinajstić information content (AvgIpc) is 2.36. The molecule has 0 aliphatic carbocycles. The third kappa shape index (κ3) is 1.46. The van der Waals surface area contributed by atoms with E-state index in [1.807, 2.05) is 0 Å². The van der Waals surface area contributed by atoms with Crippen molar-refractivity contribution in [3.63, 3.8) is 0 Å². The standard InChI is InChI=1S/C6H11NO3/c1-4(8)6(9)5-2-3-7-10-5/h3-6,8-9H,2H2,1H3/t4-,5-,6+/m0/s1. The van der Waals surface area contributed by atoms with E-state index in [0.29, 0.717) is 6.42 Å². The van der Waals surface area contributed by atoms with Gasteiger partial charge in [-0.25, -0.2) is 0 Å². The largest absolute Gasteiger partial charge is 0.391 e. The summed E-state index contributed by atoms with van der Waals surface area (Å²) in [7, 11) is 0. The molecule has 0 unspecified atom stereocenters. The topological polar surface area (TPSA) is 62.0 Å². The summed E-state index contributed by atoms with van der Waals surface area (Å²) in [6.07, 6.45) is 0.205. The van der Waals surface area contributed by atoms with Gasteiger partial charge in [-0.15, -0.1) is 0 Å². The first-order valence-electron chi connectivity index (χ1n) is 3.25. The van der Waals surface area contributed by atoms with Crippen LogP contribution in [0.2, 0.25) is 0 Å². The number of nitrogens with zero attached hydrogens (tertiary/aromatic N) is 1. The van der Waals surface area contributed by atoms with Crippen LogP contribution in [-0.2, 0) is 4.84 Å². The van der Waals surface area contributed by atoms with Gasteiger partial charge in [-0.3, -0.25) is 0 Å². The Labute approximate surface area is 59.1 Å². The summed E-state index contributed by atoms with van der Waals surface area (Å²) in [5.74, 6) is 0. The van der Waals surface area contributed by atoms with Crippen molar-refractivity contribution in [2.45, 2.75) is 31.7 Å². The van der Waals surface area contributed by atoms with Crippen molar-refractivity contribution in [1.29, 1.82) is 0 Å². The van der Waals surface area contributed by atoms with Crippen molar-refractivity contribution in [3.05, 3.63) is 0 Å². The van der Waals surface area contributed by atoms with E-state index in [2.05, 4.69) is 5.16 Å². The highest BCUT2D eigenvalue weighted by Crippen LogP contribution is 2.11. The van der Waals surface area contributed by atoms with Gasteiger partial charge in [0.05, 0.1) is 6.10 Å². The van der Waals surface area contributed by atoms with Crippen LogP contribution < -0.4 is 0 Å². The second-order valence-electron chi connectivity index (χ2n) is 2.40. The molecule has 0 saturated carbocycles. The number of aliphatic hydroxyl groups is 2. The van der Waals surface area contributed by atoms with Crippen LogP contribution in [0.25, 0.3) is 0 Å². The molecule has 3 atom stereocenters. The molecule has 0 saturated heterocycles. The molecular formula is C6H11NO3. The summed E-state index contributed by atoms with van der Waals surface area (Å²) in [6, 6.07) is 0. The third-order valence-electron chi connectivity index (χ3n) is 1.48. The van der Waals surface area contributed by atoms with E-state index in [4.69, 9.17) is 9.94 Å². The molecular weight excluding hydrogens is 134 g/mol. The quantitative estimate of drug-likeness (QED) is 0.550. The number of rotatable bonds is 2. The van der Waals surface area contributed by atoms with Crippen molar-refractivity contribution in [2.24, 2.45) is 5.16 Å². The summed E-state index contributed by atoms with van der Waals surface area (Å²) in [4.78, 5) is 4.74. The van der Waals surface area contributed by atoms with Gasteiger partial charge in [0, 0.05) is 12.6 Å². The normalized spacial score (nSPS) is 29.7. The van der Waals surface area contributed by atoms with Gasteiger partial charge < -0.3 is 15.1 Å². The first-order valence-corrected chi connectivity index (χ1v) is 3.25. The zero-order chi connectivity index (χ0) is 7.56. The van der Waals surface area contributed by atoms with Gasteiger partial charge in [0.15, 0.2) is 6.10 Å². The molecule has 1 rings (SSSR count). The Hall–Kier alpha value is -0.610. The van der Waals surface area contributed by atoms with Crippen LogP contribution in [0, 0.1) is 0 Å². The number of oxime groups is 1. The molecule has 0 aromatic heterocycles. The summed E-state index contributed by atoms with van der Waals surface area (Å²) in [5.41, 5.74) is 0. The van der Waals surface area contributed by atoms with Crippen molar-refractivity contribution >= 4 is 6.21 Å². The van der Waals surface area contributed by atoms with E-state index >= 15 is 0 Å². The molecule has 0 aromatic rings. The van der Waals surface area contributed by atoms with Crippen LogP contribution in [0.1, 0.15) is 13.3 Å². The second kappa shape index (κ2) is 2.98. The second-order valence-corrected chi connectivity index (χ2v) is 2.40. The van der Waals surface area contributed by atoms with Crippen LogP contribution in [0.5, 0.6) is 0 Å². The third-order valence-corrected chi connectivity index (χ3v) is 1.48. The highest BCUT2D eigenvalue weighted by molar-refractivity contribution is 5.58. The van der Waals surface area contributed by atoms with Crippen LogP contribution >= 0.6 is 0 Å². The van der Waals surface area contributed by atoms with Gasteiger partial charge in [0.2, 0.25) is 0 Å². The lowest BCUT2D eigenvalue weighted by Gasteiger charge is -2.17. The van der Waals surface area contributed by atoms with Gasteiger partial charge in [0.1, 0.15) is 6.10 Å². The molecule has 1 heterocycles. The smallest absolute Gasteiger partial charge is 0.160 e. The van der Waals surface area contributed by atoms with Gasteiger partial charge >= 0.3 is 0 Å². The van der Waals surface area contributed by atoms with Crippen LogP contribution in [0.15, 0.2) is 5.16 Å². The van der Waals surface area contributed by atoms with Gasteiger partial charge in [-0.1, -0.05) is 5.16 Å². The minimum atomic E-state index is -0.831. The molecule has 58 valence electrons. The van der Waals surface area contributed by atoms with Gasteiger partial charge in [0.25, 0.3) is 0 Å². The van der Waals surface area contributed by atoms with Gasteiger partial charge in [-0.2, -0.15) is 0 Å². The lowest BCUT2D eigenvalue weighted by molar-refractivity contribution is -0.0708. The Bertz CT molecular complexity index is 127. The molecule has 4 nitrogen and oxygen atoms in total. The van der Waals surface area contributed by atoms with Crippen LogP contribution in [0.4, 0.5) is 0 Å². The maximum atomic E-state index is 9.17. The Morgan fingerprint density at radius 1 is 1.70 bits per heavy atom. The highest BCUT2D eigenvalue weighted by Gasteiger charge is 2.26. The zero-order valence-corrected chi connectivity index (χ0v) is 5.77. The Morgan fingerprint density at radius 2 is 2.40 bits per heavy atom. The van der Waals surface area contributed by atoms with E-state index in [0.717, 1.165) is 0 Å². The number of hydrogen-bond acceptors (Lipinski definition) is 4. The van der Waals surface area contributed by atoms with E-state index in [9.17, 15) is 5.11 Å². The predicted molar refractivity (Wildman–Crippen MR) is 35.7 cm³/mol. The van der Waals surface area contributed by atoms with E-state index in [1.165, 1.54) is 6.92 Å². The minimum absolute atomic E-state index is 0.361. The molecule has 10 heavy (non-hydrogen) atoms. The molecule has 0 radical (unpaired) electrons. The van der Waals surface area contributed by atoms with Crippen molar-refractivity contribution in [2.75, 3.05) is 0 Å². The molecule has 0 amide bonds. The Morgan fingerprint density at radius 3 is 2.80 bits per heavy atom. The molecule has 0 fully saturated rings. The van der Waals surface area contributed by atoms with E-state index < -0.39 is 12.2 Å². The first kappa shape index (κ1) is 7.50. The fourth-order valence-electron chi connectivity index (χ4n) is 0.824. The highest BCUT2D eigenvalue weighted by atomic mass is 16.6. The van der Waals surface area contributed by atoms with E-state index in [-0.39, 0.29) is 6.10 Å². The fraction of sp³-hybridized carbons (Fsp3) is 0.833. The zero-order valence-electron chi connectivity index (χ0n) is 5.77. The molecule has 0 spiro atoms. The SMILES string of the molecule is C[C@H](O)[C@@H](O)[C@@H]1CC=NO1. The van der Waals surface area contributed by atoms with Crippen molar-refractivity contribution in [3.8, 4) is 0 Å². The molecule has 0 aromatic carbocycles. The lowest BCUT2D eigenvalue weighted by atomic mass is 10.1. The first-order chi connectivity index (χ1) is 4.72. The van der Waals surface area contributed by atoms with Crippen LogP contribution in [-0.4, -0.2) is 34.7 Å². The molecule has 1 aliphatic heterocycles. The molecule has 1 aliphatic rings. The lowest BCUT2D eigenvalue weighted by Crippen LogP contribution is -2.35. The summed E-state index contributed by atoms with van der Waals surface area (Å²) < 4.78 is 0. The minimum Gasteiger partial charge on any atom is -0.391 e. The summed E-state index contributed by atoms with van der Waals surface area (Å²) in [5, 5.41) is 21.5. The predicted octanol–water partition coefficient (Wildman–Crippen LogP) is -0.497. The van der Waals surface area contributed by atoms with Crippen molar-refractivity contribution < 1.29 is 15.1 Å². The van der Waals surface area contributed by atoms with Gasteiger partial charge in [-0.05, 0) is 6.92 Å². The molecule has 0 bridgehead atoms.